The van der Waals surface area contributed by atoms with Gasteiger partial charge in [-0.3, -0.25) is 4.79 Å². The quantitative estimate of drug-likeness (QED) is 0.897. The second-order valence-corrected chi connectivity index (χ2v) is 5.08. The van der Waals surface area contributed by atoms with Gasteiger partial charge in [-0.05, 0) is 37.1 Å². The van der Waals surface area contributed by atoms with E-state index >= 15 is 0 Å². The third-order valence-corrected chi connectivity index (χ3v) is 3.08. The van der Waals surface area contributed by atoms with Gasteiger partial charge in [0.15, 0.2) is 0 Å². The lowest BCUT2D eigenvalue weighted by Gasteiger charge is -2.23. The Morgan fingerprint density at radius 1 is 1.30 bits per heavy atom. The van der Waals surface area contributed by atoms with Crippen molar-refractivity contribution in [3.05, 3.63) is 59.8 Å². The molecule has 1 aromatic heterocycles. The van der Waals surface area contributed by atoms with Gasteiger partial charge in [0.1, 0.15) is 5.82 Å². The standard InChI is InChI=1S/C16H18N2O2/c1-12-8-9-17-14(10-12)18-15(19)11-16(2,20)13-6-4-3-5-7-13/h3-10,20H,11H2,1-2H3,(H,17,18,19). The van der Waals surface area contributed by atoms with Crippen molar-refractivity contribution in [2.75, 3.05) is 5.32 Å². The number of aromatic nitrogens is 1. The topological polar surface area (TPSA) is 62.2 Å². The molecule has 104 valence electrons. The zero-order valence-electron chi connectivity index (χ0n) is 11.6. The number of aliphatic hydroxyl groups is 1. The van der Waals surface area contributed by atoms with Gasteiger partial charge in [0.25, 0.3) is 0 Å². The van der Waals surface area contributed by atoms with Crippen LogP contribution in [0, 0.1) is 6.92 Å². The SMILES string of the molecule is Cc1ccnc(NC(=O)CC(C)(O)c2ccccc2)c1. The van der Waals surface area contributed by atoms with Crippen LogP contribution in [0.5, 0.6) is 0 Å². The molecule has 20 heavy (non-hydrogen) atoms. The molecule has 0 radical (unpaired) electrons. The van der Waals surface area contributed by atoms with Crippen molar-refractivity contribution in [1.29, 1.82) is 0 Å². The Morgan fingerprint density at radius 3 is 2.65 bits per heavy atom. The van der Waals surface area contributed by atoms with E-state index in [4.69, 9.17) is 0 Å². The molecule has 2 aromatic rings. The lowest BCUT2D eigenvalue weighted by Crippen LogP contribution is -2.28. The molecule has 0 aliphatic heterocycles. The Bertz CT molecular complexity index is 594. The maximum absolute atomic E-state index is 12.0. The normalized spacial score (nSPS) is 13.6. The van der Waals surface area contributed by atoms with Crippen molar-refractivity contribution in [2.24, 2.45) is 0 Å². The molecule has 0 aliphatic rings. The summed E-state index contributed by atoms with van der Waals surface area (Å²) >= 11 is 0. The number of nitrogens with one attached hydrogen (secondary N) is 1. The van der Waals surface area contributed by atoms with Gasteiger partial charge in [0, 0.05) is 6.20 Å². The smallest absolute Gasteiger partial charge is 0.228 e. The largest absolute Gasteiger partial charge is 0.385 e. The van der Waals surface area contributed by atoms with E-state index in [2.05, 4.69) is 10.3 Å². The predicted molar refractivity (Wildman–Crippen MR) is 78.2 cm³/mol. The summed E-state index contributed by atoms with van der Waals surface area (Å²) in [5.41, 5.74) is 0.535. The molecule has 0 fully saturated rings. The highest BCUT2D eigenvalue weighted by atomic mass is 16.3. The molecule has 0 aliphatic carbocycles. The minimum Gasteiger partial charge on any atom is -0.385 e. The molecule has 2 N–H and O–H groups in total. The maximum atomic E-state index is 12.0. The van der Waals surface area contributed by atoms with E-state index in [1.165, 1.54) is 0 Å². The van der Waals surface area contributed by atoms with Gasteiger partial charge in [-0.2, -0.15) is 0 Å². The number of anilines is 1. The Morgan fingerprint density at radius 2 is 2.00 bits per heavy atom. The highest BCUT2D eigenvalue weighted by Gasteiger charge is 2.26. The highest BCUT2D eigenvalue weighted by molar-refractivity contribution is 5.90. The van der Waals surface area contributed by atoms with Crippen molar-refractivity contribution in [2.45, 2.75) is 25.9 Å². The number of amides is 1. The first-order valence-electron chi connectivity index (χ1n) is 6.48. The molecule has 1 atom stereocenters. The van der Waals surface area contributed by atoms with Crippen molar-refractivity contribution >= 4 is 11.7 Å². The lowest BCUT2D eigenvalue weighted by molar-refractivity contribution is -0.120. The summed E-state index contributed by atoms with van der Waals surface area (Å²) < 4.78 is 0. The van der Waals surface area contributed by atoms with E-state index in [9.17, 15) is 9.90 Å². The molecule has 4 nitrogen and oxygen atoms in total. The summed E-state index contributed by atoms with van der Waals surface area (Å²) in [6.45, 7) is 3.56. The summed E-state index contributed by atoms with van der Waals surface area (Å²) in [6.07, 6.45) is 1.62. The van der Waals surface area contributed by atoms with E-state index in [0.717, 1.165) is 5.56 Å². The fraction of sp³-hybridized carbons (Fsp3) is 0.250. The number of carbonyl (C=O) groups excluding carboxylic acids is 1. The zero-order chi connectivity index (χ0) is 14.6. The summed E-state index contributed by atoms with van der Waals surface area (Å²) in [4.78, 5) is 16.1. The molecule has 0 bridgehead atoms. The van der Waals surface area contributed by atoms with Crippen LogP contribution in [-0.2, 0) is 10.4 Å². The lowest BCUT2D eigenvalue weighted by atomic mass is 9.92. The summed E-state index contributed by atoms with van der Waals surface area (Å²) in [7, 11) is 0. The molecule has 1 amide bonds. The van der Waals surface area contributed by atoms with Crippen LogP contribution in [0.15, 0.2) is 48.7 Å². The van der Waals surface area contributed by atoms with Crippen LogP contribution in [-0.4, -0.2) is 16.0 Å². The number of benzene rings is 1. The van der Waals surface area contributed by atoms with Crippen molar-refractivity contribution in [1.82, 2.24) is 4.98 Å². The molecule has 2 rings (SSSR count). The van der Waals surface area contributed by atoms with Crippen LogP contribution < -0.4 is 5.32 Å². The van der Waals surface area contributed by atoms with Gasteiger partial charge in [0.05, 0.1) is 12.0 Å². The number of aryl methyl sites for hydroxylation is 1. The van der Waals surface area contributed by atoms with E-state index in [1.54, 1.807) is 31.3 Å². The number of rotatable bonds is 4. The molecule has 0 saturated heterocycles. The van der Waals surface area contributed by atoms with Crippen LogP contribution in [0.1, 0.15) is 24.5 Å². The minimum absolute atomic E-state index is 0.0212. The Kier molecular flexibility index (Phi) is 4.15. The fourth-order valence-corrected chi connectivity index (χ4v) is 2.00. The summed E-state index contributed by atoms with van der Waals surface area (Å²) in [5, 5.41) is 13.1. The molecular formula is C16H18N2O2. The van der Waals surface area contributed by atoms with Crippen molar-refractivity contribution < 1.29 is 9.90 Å². The summed E-state index contributed by atoms with van der Waals surface area (Å²) in [5.74, 6) is 0.232. The average molecular weight is 270 g/mol. The van der Waals surface area contributed by atoms with Crippen LogP contribution in [0.25, 0.3) is 0 Å². The molecule has 0 saturated carbocycles. The number of pyridine rings is 1. The maximum Gasteiger partial charge on any atom is 0.228 e. The second-order valence-electron chi connectivity index (χ2n) is 5.08. The third kappa shape index (κ3) is 3.65. The van der Waals surface area contributed by atoms with Gasteiger partial charge in [0.2, 0.25) is 5.91 Å². The van der Waals surface area contributed by atoms with E-state index in [-0.39, 0.29) is 12.3 Å². The first-order valence-corrected chi connectivity index (χ1v) is 6.48. The predicted octanol–water partition coefficient (Wildman–Crippen LogP) is 2.63. The molecule has 1 aromatic carbocycles. The number of nitrogens with zero attached hydrogens (tertiary/aromatic N) is 1. The highest BCUT2D eigenvalue weighted by Crippen LogP contribution is 2.24. The van der Waals surface area contributed by atoms with E-state index < -0.39 is 5.60 Å². The summed E-state index contributed by atoms with van der Waals surface area (Å²) in [6, 6.07) is 12.8. The van der Waals surface area contributed by atoms with Crippen LogP contribution in [0.2, 0.25) is 0 Å². The number of hydrogen-bond donors (Lipinski definition) is 2. The zero-order valence-corrected chi connectivity index (χ0v) is 11.6. The number of hydrogen-bond acceptors (Lipinski definition) is 3. The Hall–Kier alpha value is -2.20. The molecular weight excluding hydrogens is 252 g/mol. The van der Waals surface area contributed by atoms with Crippen LogP contribution >= 0.6 is 0 Å². The van der Waals surface area contributed by atoms with Gasteiger partial charge in [-0.1, -0.05) is 30.3 Å². The van der Waals surface area contributed by atoms with Crippen LogP contribution in [0.4, 0.5) is 5.82 Å². The molecule has 0 spiro atoms. The Balaban J connectivity index is 2.04. The monoisotopic (exact) mass is 270 g/mol. The van der Waals surface area contributed by atoms with E-state index in [0.29, 0.717) is 11.4 Å². The molecule has 1 heterocycles. The van der Waals surface area contributed by atoms with Gasteiger partial charge < -0.3 is 10.4 Å². The number of carbonyl (C=O) groups is 1. The first-order chi connectivity index (χ1) is 9.47. The first kappa shape index (κ1) is 14.2. The van der Waals surface area contributed by atoms with E-state index in [1.807, 2.05) is 31.2 Å². The van der Waals surface area contributed by atoms with Gasteiger partial charge in [-0.25, -0.2) is 4.98 Å². The van der Waals surface area contributed by atoms with Gasteiger partial charge >= 0.3 is 0 Å². The van der Waals surface area contributed by atoms with Gasteiger partial charge in [-0.15, -0.1) is 0 Å². The molecule has 4 heteroatoms. The van der Waals surface area contributed by atoms with Crippen LogP contribution in [0.3, 0.4) is 0 Å². The molecule has 1 unspecified atom stereocenters. The third-order valence-electron chi connectivity index (χ3n) is 3.08. The Labute approximate surface area is 118 Å². The average Bonchev–Trinajstić information content (AvgIpc) is 2.39. The van der Waals surface area contributed by atoms with Crippen molar-refractivity contribution in [3.63, 3.8) is 0 Å². The van der Waals surface area contributed by atoms with Crippen molar-refractivity contribution in [3.8, 4) is 0 Å². The fourth-order valence-electron chi connectivity index (χ4n) is 2.00. The second kappa shape index (κ2) is 5.84. The minimum atomic E-state index is -1.20.